The van der Waals surface area contributed by atoms with Crippen LogP contribution in [-0.2, 0) is 9.53 Å². The van der Waals surface area contributed by atoms with E-state index in [1.807, 2.05) is 6.07 Å². The van der Waals surface area contributed by atoms with Crippen LogP contribution in [0.2, 0.25) is 0 Å². The highest BCUT2D eigenvalue weighted by molar-refractivity contribution is 9.10. The van der Waals surface area contributed by atoms with Gasteiger partial charge in [0.2, 0.25) is 5.91 Å². The van der Waals surface area contributed by atoms with Gasteiger partial charge in [-0.25, -0.2) is 18.5 Å². The molecular formula is C19H16BrF2NO3. The first-order valence-electron chi connectivity index (χ1n) is 8.06. The van der Waals surface area contributed by atoms with E-state index < -0.39 is 35.6 Å². The van der Waals surface area contributed by atoms with E-state index in [0.29, 0.717) is 0 Å². The fraction of sp³-hybridized carbons (Fsp3) is 0.263. The van der Waals surface area contributed by atoms with E-state index in [9.17, 15) is 18.4 Å². The maximum absolute atomic E-state index is 14.1. The highest BCUT2D eigenvalue weighted by atomic mass is 79.9. The van der Waals surface area contributed by atoms with Crippen LogP contribution >= 0.6 is 15.9 Å². The van der Waals surface area contributed by atoms with E-state index in [1.54, 1.807) is 31.2 Å². The van der Waals surface area contributed by atoms with E-state index in [4.69, 9.17) is 4.74 Å². The first-order chi connectivity index (χ1) is 12.4. The molecule has 1 heterocycles. The lowest BCUT2D eigenvalue weighted by Gasteiger charge is -2.22. The third-order valence-electron chi connectivity index (χ3n) is 4.34. The molecule has 0 N–H and O–H groups in total. The number of hydrogen-bond donors (Lipinski definition) is 0. The molecule has 1 saturated heterocycles. The first kappa shape index (κ1) is 18.5. The third kappa shape index (κ3) is 3.62. The molecule has 0 unspecified atom stereocenters. The van der Waals surface area contributed by atoms with E-state index in [2.05, 4.69) is 15.9 Å². The number of hydrogen-bond acceptors (Lipinski definition) is 3. The summed E-state index contributed by atoms with van der Waals surface area (Å²) in [5.41, 5.74) is 0.589. The number of halogens is 3. The molecule has 2 amide bonds. The molecule has 0 bridgehead atoms. The van der Waals surface area contributed by atoms with Crippen LogP contribution in [0.25, 0.3) is 0 Å². The SMILES string of the molecule is C[C@@H](CC(=O)N1C(=O)OC[C@@H]1c1ccccc1)c1c(F)cc(Br)cc1F. The van der Waals surface area contributed by atoms with Crippen molar-refractivity contribution >= 4 is 27.9 Å². The van der Waals surface area contributed by atoms with Gasteiger partial charge in [-0.05, 0) is 23.6 Å². The summed E-state index contributed by atoms with van der Waals surface area (Å²) < 4.78 is 33.5. The summed E-state index contributed by atoms with van der Waals surface area (Å²) in [6, 6.07) is 10.8. The van der Waals surface area contributed by atoms with Gasteiger partial charge in [0.1, 0.15) is 24.3 Å². The molecule has 0 aromatic heterocycles. The summed E-state index contributed by atoms with van der Waals surface area (Å²) in [6.07, 6.45) is -0.957. The van der Waals surface area contributed by atoms with E-state index in [0.717, 1.165) is 22.6 Å². The molecule has 26 heavy (non-hydrogen) atoms. The Labute approximate surface area is 157 Å². The lowest BCUT2D eigenvalue weighted by Crippen LogP contribution is -2.35. The van der Waals surface area contributed by atoms with E-state index >= 15 is 0 Å². The van der Waals surface area contributed by atoms with Crippen LogP contribution in [0.15, 0.2) is 46.9 Å². The van der Waals surface area contributed by atoms with Crippen LogP contribution in [0.5, 0.6) is 0 Å². The van der Waals surface area contributed by atoms with Gasteiger partial charge in [-0.3, -0.25) is 4.79 Å². The molecule has 0 spiro atoms. The summed E-state index contributed by atoms with van der Waals surface area (Å²) in [5.74, 6) is -2.74. The Morgan fingerprint density at radius 3 is 2.50 bits per heavy atom. The maximum Gasteiger partial charge on any atom is 0.417 e. The lowest BCUT2D eigenvalue weighted by molar-refractivity contribution is -0.129. The van der Waals surface area contributed by atoms with Crippen molar-refractivity contribution in [3.8, 4) is 0 Å². The smallest absolute Gasteiger partial charge is 0.417 e. The first-order valence-corrected chi connectivity index (χ1v) is 8.86. The lowest BCUT2D eigenvalue weighted by atomic mass is 9.95. The zero-order valence-corrected chi connectivity index (χ0v) is 15.5. The number of imide groups is 1. The van der Waals surface area contributed by atoms with Gasteiger partial charge in [0.05, 0.1) is 0 Å². The van der Waals surface area contributed by atoms with Crippen LogP contribution in [0, 0.1) is 11.6 Å². The number of nitrogens with zero attached hydrogens (tertiary/aromatic N) is 1. The van der Waals surface area contributed by atoms with Gasteiger partial charge in [-0.1, -0.05) is 53.2 Å². The quantitative estimate of drug-likeness (QED) is 0.699. The fourth-order valence-corrected chi connectivity index (χ4v) is 3.51. The van der Waals surface area contributed by atoms with Crippen LogP contribution < -0.4 is 0 Å². The molecular weight excluding hydrogens is 408 g/mol. The number of carbonyl (C=O) groups excluding carboxylic acids is 2. The van der Waals surface area contributed by atoms with Gasteiger partial charge >= 0.3 is 6.09 Å². The fourth-order valence-electron chi connectivity index (χ4n) is 3.10. The second-order valence-corrected chi connectivity index (χ2v) is 7.07. The Hall–Kier alpha value is -2.28. The van der Waals surface area contributed by atoms with E-state index in [-0.39, 0.29) is 23.1 Å². The Morgan fingerprint density at radius 2 is 1.88 bits per heavy atom. The number of carbonyl (C=O) groups is 2. The van der Waals surface area contributed by atoms with Crippen LogP contribution in [0.3, 0.4) is 0 Å². The average molecular weight is 424 g/mol. The van der Waals surface area contributed by atoms with Crippen LogP contribution in [-0.4, -0.2) is 23.5 Å². The molecule has 1 fully saturated rings. The summed E-state index contributed by atoms with van der Waals surface area (Å²) >= 11 is 3.03. The van der Waals surface area contributed by atoms with Gasteiger partial charge in [0.25, 0.3) is 0 Å². The highest BCUT2D eigenvalue weighted by Gasteiger charge is 2.39. The predicted molar refractivity (Wildman–Crippen MR) is 94.5 cm³/mol. The molecule has 0 aliphatic carbocycles. The maximum atomic E-state index is 14.1. The summed E-state index contributed by atoms with van der Waals surface area (Å²) in [4.78, 5) is 25.7. The monoisotopic (exact) mass is 423 g/mol. The molecule has 0 radical (unpaired) electrons. The number of cyclic esters (lactones) is 1. The largest absolute Gasteiger partial charge is 0.446 e. The predicted octanol–water partition coefficient (Wildman–Crippen LogP) is 4.94. The molecule has 4 nitrogen and oxygen atoms in total. The number of ether oxygens (including phenoxy) is 1. The number of benzene rings is 2. The van der Waals surface area contributed by atoms with Crippen molar-refractivity contribution in [2.75, 3.05) is 6.61 Å². The Bertz CT molecular complexity index is 821. The molecule has 0 saturated carbocycles. The van der Waals surface area contributed by atoms with Gasteiger partial charge in [-0.15, -0.1) is 0 Å². The molecule has 2 aromatic rings. The normalized spacial score (nSPS) is 17.9. The second-order valence-electron chi connectivity index (χ2n) is 6.16. The number of amides is 2. The van der Waals surface area contributed by atoms with Gasteiger partial charge < -0.3 is 4.74 Å². The van der Waals surface area contributed by atoms with Crippen LogP contribution in [0.1, 0.15) is 36.4 Å². The average Bonchev–Trinajstić information content (AvgIpc) is 2.96. The van der Waals surface area contributed by atoms with E-state index in [1.165, 1.54) is 0 Å². The summed E-state index contributed by atoms with van der Waals surface area (Å²) in [7, 11) is 0. The highest BCUT2D eigenvalue weighted by Crippen LogP contribution is 2.32. The molecule has 1 aliphatic heterocycles. The molecule has 3 rings (SSSR count). The summed E-state index contributed by atoms with van der Waals surface area (Å²) in [6.45, 7) is 1.61. The zero-order chi connectivity index (χ0) is 18.8. The number of rotatable bonds is 4. The molecule has 136 valence electrons. The molecule has 2 aromatic carbocycles. The van der Waals surface area contributed by atoms with Gasteiger partial charge in [0.15, 0.2) is 0 Å². The van der Waals surface area contributed by atoms with Crippen molar-refractivity contribution < 1.29 is 23.1 Å². The van der Waals surface area contributed by atoms with Crippen molar-refractivity contribution in [3.63, 3.8) is 0 Å². The second kappa shape index (κ2) is 7.53. The minimum Gasteiger partial charge on any atom is -0.446 e. The summed E-state index contributed by atoms with van der Waals surface area (Å²) in [5, 5.41) is 0. The van der Waals surface area contributed by atoms with Crippen molar-refractivity contribution in [3.05, 3.63) is 69.7 Å². The Kier molecular flexibility index (Phi) is 5.36. The van der Waals surface area contributed by atoms with Crippen LogP contribution in [0.4, 0.5) is 13.6 Å². The third-order valence-corrected chi connectivity index (χ3v) is 4.80. The van der Waals surface area contributed by atoms with Gasteiger partial charge in [0, 0.05) is 16.5 Å². The van der Waals surface area contributed by atoms with Crippen molar-refractivity contribution in [1.82, 2.24) is 4.90 Å². The Morgan fingerprint density at radius 1 is 1.27 bits per heavy atom. The van der Waals surface area contributed by atoms with Crippen molar-refractivity contribution in [1.29, 1.82) is 0 Å². The Balaban J connectivity index is 1.81. The minimum absolute atomic E-state index is 0.0595. The topological polar surface area (TPSA) is 46.6 Å². The molecule has 2 atom stereocenters. The zero-order valence-electron chi connectivity index (χ0n) is 13.9. The molecule has 7 heteroatoms. The van der Waals surface area contributed by atoms with Crippen molar-refractivity contribution in [2.24, 2.45) is 0 Å². The van der Waals surface area contributed by atoms with Gasteiger partial charge in [-0.2, -0.15) is 0 Å². The van der Waals surface area contributed by atoms with Crippen molar-refractivity contribution in [2.45, 2.75) is 25.3 Å². The standard InChI is InChI=1S/C19H16BrF2NO3/c1-11(18-14(21)8-13(20)9-15(18)22)7-17(24)23-16(10-26-19(23)25)12-5-3-2-4-6-12/h2-6,8-9,11,16H,7,10H2,1H3/t11-,16+/m0/s1. The molecule has 1 aliphatic rings. The minimum atomic E-state index is -0.743.